The van der Waals surface area contributed by atoms with Gasteiger partial charge in [-0.3, -0.25) is 4.90 Å². The van der Waals surface area contributed by atoms with Crippen LogP contribution in [-0.2, 0) is 11.2 Å². The SMILES string of the molecule is CCCN(CCC)C1CCc2cccc(OCCNC(=O)N(CC)CC)c2C1C=O. The average molecular weight is 418 g/mol. The Kier molecular flexibility index (Phi) is 10.1. The smallest absolute Gasteiger partial charge is 0.317 e. The Morgan fingerprint density at radius 1 is 1.17 bits per heavy atom. The molecule has 30 heavy (non-hydrogen) atoms. The van der Waals surface area contributed by atoms with E-state index in [9.17, 15) is 9.59 Å². The lowest BCUT2D eigenvalue weighted by atomic mass is 9.78. The molecule has 168 valence electrons. The minimum absolute atomic E-state index is 0.0701. The molecule has 0 saturated carbocycles. The molecule has 0 saturated heterocycles. The summed E-state index contributed by atoms with van der Waals surface area (Å²) in [6, 6.07) is 6.22. The van der Waals surface area contributed by atoms with Gasteiger partial charge in [0.1, 0.15) is 18.6 Å². The molecule has 6 nitrogen and oxygen atoms in total. The van der Waals surface area contributed by atoms with Crippen molar-refractivity contribution in [3.8, 4) is 5.75 Å². The van der Waals surface area contributed by atoms with Crippen molar-refractivity contribution in [2.45, 2.75) is 65.3 Å². The predicted octanol–water partition coefficient (Wildman–Crippen LogP) is 3.84. The molecule has 0 radical (unpaired) electrons. The van der Waals surface area contributed by atoms with Crippen LogP contribution in [-0.4, -0.2) is 67.5 Å². The van der Waals surface area contributed by atoms with Crippen LogP contribution >= 0.6 is 0 Å². The minimum Gasteiger partial charge on any atom is -0.491 e. The second-order valence-corrected chi connectivity index (χ2v) is 7.89. The first-order valence-corrected chi connectivity index (χ1v) is 11.6. The molecule has 1 aromatic rings. The number of urea groups is 1. The normalized spacial score (nSPS) is 18.0. The van der Waals surface area contributed by atoms with Crippen molar-refractivity contribution in [2.75, 3.05) is 39.3 Å². The fraction of sp³-hybridized carbons (Fsp3) is 0.667. The molecule has 1 aliphatic rings. The fourth-order valence-electron chi connectivity index (χ4n) is 4.51. The third kappa shape index (κ3) is 5.97. The van der Waals surface area contributed by atoms with E-state index in [4.69, 9.17) is 4.74 Å². The summed E-state index contributed by atoms with van der Waals surface area (Å²) in [4.78, 5) is 28.5. The van der Waals surface area contributed by atoms with E-state index in [1.807, 2.05) is 26.0 Å². The largest absolute Gasteiger partial charge is 0.491 e. The molecule has 1 aromatic carbocycles. The molecule has 2 unspecified atom stereocenters. The molecular formula is C24H39N3O3. The summed E-state index contributed by atoms with van der Waals surface area (Å²) in [5, 5.41) is 2.90. The van der Waals surface area contributed by atoms with Crippen molar-refractivity contribution in [2.24, 2.45) is 0 Å². The van der Waals surface area contributed by atoms with Gasteiger partial charge in [0.2, 0.25) is 0 Å². The van der Waals surface area contributed by atoms with E-state index in [1.165, 1.54) is 5.56 Å². The Balaban J connectivity index is 2.10. The second kappa shape index (κ2) is 12.6. The first kappa shape index (κ1) is 24.2. The van der Waals surface area contributed by atoms with Crippen molar-refractivity contribution >= 4 is 12.3 Å². The number of amides is 2. The summed E-state index contributed by atoms with van der Waals surface area (Å²) in [5.74, 6) is 0.604. The van der Waals surface area contributed by atoms with Gasteiger partial charge in [0.05, 0.1) is 12.5 Å². The number of nitrogens with zero attached hydrogens (tertiary/aromatic N) is 2. The van der Waals surface area contributed by atoms with Crippen LogP contribution in [0.25, 0.3) is 0 Å². The zero-order chi connectivity index (χ0) is 21.9. The van der Waals surface area contributed by atoms with E-state index in [1.54, 1.807) is 4.90 Å². The number of nitrogens with one attached hydrogen (secondary N) is 1. The lowest BCUT2D eigenvalue weighted by molar-refractivity contribution is -0.110. The van der Waals surface area contributed by atoms with Crippen LogP contribution in [0, 0.1) is 0 Å². The van der Waals surface area contributed by atoms with Gasteiger partial charge in [-0.1, -0.05) is 26.0 Å². The molecule has 0 bridgehead atoms. The van der Waals surface area contributed by atoms with Crippen molar-refractivity contribution in [1.82, 2.24) is 15.1 Å². The van der Waals surface area contributed by atoms with E-state index in [0.29, 0.717) is 26.2 Å². The Morgan fingerprint density at radius 3 is 2.47 bits per heavy atom. The zero-order valence-electron chi connectivity index (χ0n) is 19.2. The molecular weight excluding hydrogens is 378 g/mol. The maximum Gasteiger partial charge on any atom is 0.317 e. The molecule has 0 aromatic heterocycles. The third-order valence-corrected chi connectivity index (χ3v) is 5.94. The van der Waals surface area contributed by atoms with Gasteiger partial charge in [0.25, 0.3) is 0 Å². The average Bonchev–Trinajstić information content (AvgIpc) is 2.76. The molecule has 1 aliphatic carbocycles. The summed E-state index contributed by atoms with van der Waals surface area (Å²) >= 11 is 0. The highest BCUT2D eigenvalue weighted by molar-refractivity contribution is 5.74. The molecule has 6 heteroatoms. The summed E-state index contributed by atoms with van der Waals surface area (Å²) in [7, 11) is 0. The Hall–Kier alpha value is -2.08. The predicted molar refractivity (Wildman–Crippen MR) is 121 cm³/mol. The summed E-state index contributed by atoms with van der Waals surface area (Å²) in [5.41, 5.74) is 2.25. The van der Waals surface area contributed by atoms with Crippen molar-refractivity contribution in [3.05, 3.63) is 29.3 Å². The number of rotatable bonds is 12. The molecule has 0 aliphatic heterocycles. The van der Waals surface area contributed by atoms with Crippen molar-refractivity contribution in [1.29, 1.82) is 0 Å². The minimum atomic E-state index is -0.173. The number of carbonyl (C=O) groups excluding carboxylic acids is 2. The zero-order valence-corrected chi connectivity index (χ0v) is 19.2. The molecule has 2 atom stereocenters. The number of ether oxygens (including phenoxy) is 1. The molecule has 0 fully saturated rings. The topological polar surface area (TPSA) is 61.9 Å². The summed E-state index contributed by atoms with van der Waals surface area (Å²) in [6.45, 7) is 12.5. The second-order valence-electron chi connectivity index (χ2n) is 7.89. The number of benzene rings is 1. The first-order valence-electron chi connectivity index (χ1n) is 11.6. The van der Waals surface area contributed by atoms with E-state index < -0.39 is 0 Å². The quantitative estimate of drug-likeness (QED) is 0.415. The Bertz CT molecular complexity index is 670. The van der Waals surface area contributed by atoms with Crippen LogP contribution in [0.2, 0.25) is 0 Å². The maximum absolute atomic E-state index is 12.2. The standard InChI is InChI=1S/C24H39N3O3/c1-5-15-27(16-6-2)21-13-12-19-10-9-11-22(23(19)20(21)18-28)30-17-14-25-24(29)26(7-3)8-4/h9-11,18,20-21H,5-8,12-17H2,1-4H3,(H,25,29). The van der Waals surface area contributed by atoms with Gasteiger partial charge >= 0.3 is 6.03 Å². The van der Waals surface area contributed by atoms with Crippen LogP contribution in [0.3, 0.4) is 0 Å². The van der Waals surface area contributed by atoms with Crippen molar-refractivity contribution < 1.29 is 14.3 Å². The van der Waals surface area contributed by atoms with E-state index in [0.717, 1.165) is 56.4 Å². The lowest BCUT2D eigenvalue weighted by Gasteiger charge is -2.39. The lowest BCUT2D eigenvalue weighted by Crippen LogP contribution is -2.44. The number of hydrogen-bond donors (Lipinski definition) is 1. The highest BCUT2D eigenvalue weighted by Crippen LogP contribution is 2.39. The number of aldehydes is 1. The van der Waals surface area contributed by atoms with Gasteiger partial charge in [0, 0.05) is 24.7 Å². The van der Waals surface area contributed by atoms with Gasteiger partial charge in [-0.15, -0.1) is 0 Å². The van der Waals surface area contributed by atoms with Gasteiger partial charge < -0.3 is 19.7 Å². The number of fused-ring (bicyclic) bond motifs is 1. The molecule has 2 rings (SSSR count). The number of carbonyl (C=O) groups is 2. The summed E-state index contributed by atoms with van der Waals surface area (Å²) < 4.78 is 6.07. The molecule has 1 N–H and O–H groups in total. The Morgan fingerprint density at radius 2 is 1.87 bits per heavy atom. The number of aryl methyl sites for hydroxylation is 1. The molecule has 0 heterocycles. The monoisotopic (exact) mass is 417 g/mol. The van der Waals surface area contributed by atoms with Crippen LogP contribution in [0.1, 0.15) is 64.0 Å². The maximum atomic E-state index is 12.2. The summed E-state index contributed by atoms with van der Waals surface area (Å²) in [6.07, 6.45) is 5.23. The van der Waals surface area contributed by atoms with Crippen LogP contribution in [0.5, 0.6) is 5.75 Å². The fourth-order valence-corrected chi connectivity index (χ4v) is 4.51. The van der Waals surface area contributed by atoms with E-state index in [2.05, 4.69) is 30.1 Å². The molecule has 0 spiro atoms. The Labute approximate surface area is 182 Å². The van der Waals surface area contributed by atoms with E-state index >= 15 is 0 Å². The third-order valence-electron chi connectivity index (χ3n) is 5.94. The van der Waals surface area contributed by atoms with Crippen molar-refractivity contribution in [3.63, 3.8) is 0 Å². The van der Waals surface area contributed by atoms with Gasteiger partial charge in [-0.25, -0.2) is 4.79 Å². The highest BCUT2D eigenvalue weighted by atomic mass is 16.5. The van der Waals surface area contributed by atoms with Crippen LogP contribution in [0.15, 0.2) is 18.2 Å². The molecule has 2 amide bonds. The van der Waals surface area contributed by atoms with Gasteiger partial charge in [-0.2, -0.15) is 0 Å². The van der Waals surface area contributed by atoms with Crippen LogP contribution < -0.4 is 10.1 Å². The van der Waals surface area contributed by atoms with Crippen LogP contribution in [0.4, 0.5) is 4.79 Å². The highest BCUT2D eigenvalue weighted by Gasteiger charge is 2.35. The number of hydrogen-bond acceptors (Lipinski definition) is 4. The first-order chi connectivity index (χ1) is 14.6. The van der Waals surface area contributed by atoms with Gasteiger partial charge in [0.15, 0.2) is 0 Å². The van der Waals surface area contributed by atoms with E-state index in [-0.39, 0.29) is 18.0 Å². The van der Waals surface area contributed by atoms with Gasteiger partial charge in [-0.05, 0) is 64.3 Å².